The van der Waals surface area contributed by atoms with Crippen LogP contribution >= 0.6 is 0 Å². The number of fused-ring (bicyclic) bond motifs is 1. The molecule has 4 bridgehead atoms. The van der Waals surface area contributed by atoms with E-state index in [0.717, 1.165) is 25.7 Å². The molecule has 127 valence electrons. The number of rotatable bonds is 4. The molecule has 5 aliphatic rings. The first kappa shape index (κ1) is 18.3. The molecule has 3 heterocycles. The van der Waals surface area contributed by atoms with E-state index in [0.29, 0.717) is 5.92 Å². The number of hydrogen-bond donors (Lipinski definition) is 1. The SMILES string of the molecule is C[CH-]CC(C)CC1C(=O)OC23CC(C)C4O[C@@]12[CH-]CC3C4O.[Y]. The van der Waals surface area contributed by atoms with Crippen LogP contribution in [0.2, 0.25) is 0 Å². The predicted octanol–water partition coefficient (Wildman–Crippen LogP) is 2.30. The normalized spacial score (nSPS) is 51.1. The second-order valence-corrected chi connectivity index (χ2v) is 7.94. The van der Waals surface area contributed by atoms with Crippen LogP contribution < -0.4 is 0 Å². The summed E-state index contributed by atoms with van der Waals surface area (Å²) in [6.07, 6.45) is 7.06. The van der Waals surface area contributed by atoms with Gasteiger partial charge in [0, 0.05) is 44.2 Å². The molecule has 1 radical (unpaired) electrons. The van der Waals surface area contributed by atoms with E-state index >= 15 is 0 Å². The van der Waals surface area contributed by atoms with Crippen molar-refractivity contribution in [3.05, 3.63) is 12.8 Å². The Hall–Kier alpha value is 0.494. The van der Waals surface area contributed by atoms with Crippen molar-refractivity contribution in [3.63, 3.8) is 0 Å². The quantitative estimate of drug-likeness (QED) is 0.586. The number of aliphatic hydroxyl groups is 1. The van der Waals surface area contributed by atoms with Crippen molar-refractivity contribution in [2.24, 2.45) is 23.7 Å². The third-order valence-corrected chi connectivity index (χ3v) is 6.56. The first-order valence-electron chi connectivity index (χ1n) is 8.66. The predicted molar refractivity (Wildman–Crippen MR) is 80.5 cm³/mol. The number of aliphatic hydroxyl groups excluding tert-OH is 1. The summed E-state index contributed by atoms with van der Waals surface area (Å²) in [6.45, 7) is 6.33. The number of carbonyl (C=O) groups is 1. The van der Waals surface area contributed by atoms with Crippen LogP contribution in [0.3, 0.4) is 0 Å². The molecule has 1 N–H and O–H groups in total. The number of carbonyl (C=O) groups excluding carboxylic acids is 1. The summed E-state index contributed by atoms with van der Waals surface area (Å²) >= 11 is 0. The van der Waals surface area contributed by atoms with Crippen molar-refractivity contribution in [1.29, 1.82) is 0 Å². The van der Waals surface area contributed by atoms with Crippen molar-refractivity contribution in [3.8, 4) is 0 Å². The zero-order chi connectivity index (χ0) is 15.7. The molecular formula is C18H26O4Y-2. The fraction of sp³-hybridized carbons (Fsp3) is 0.833. The van der Waals surface area contributed by atoms with Crippen molar-refractivity contribution >= 4 is 5.97 Å². The van der Waals surface area contributed by atoms with E-state index in [1.54, 1.807) is 0 Å². The smallest absolute Gasteiger partial charge is 0.309 e. The van der Waals surface area contributed by atoms with Crippen molar-refractivity contribution in [1.82, 2.24) is 0 Å². The summed E-state index contributed by atoms with van der Waals surface area (Å²) in [5.74, 6) is 0.356. The maximum atomic E-state index is 12.6. The Morgan fingerprint density at radius 1 is 1.52 bits per heavy atom. The molecule has 23 heavy (non-hydrogen) atoms. The molecule has 5 rings (SSSR count). The maximum absolute atomic E-state index is 12.6. The number of ether oxygens (including phenoxy) is 2. The fourth-order valence-corrected chi connectivity index (χ4v) is 5.71. The monoisotopic (exact) mass is 395 g/mol. The van der Waals surface area contributed by atoms with Gasteiger partial charge in [-0.15, -0.1) is 0 Å². The van der Waals surface area contributed by atoms with Gasteiger partial charge in [0.25, 0.3) is 0 Å². The Kier molecular flexibility index (Phi) is 4.80. The van der Waals surface area contributed by atoms with Crippen LogP contribution in [0.5, 0.6) is 0 Å². The minimum atomic E-state index is -0.613. The second-order valence-electron chi connectivity index (χ2n) is 7.94. The zero-order valence-corrected chi connectivity index (χ0v) is 17.0. The van der Waals surface area contributed by atoms with Gasteiger partial charge in [0.1, 0.15) is 5.60 Å². The standard InChI is InChI=1S/C18H26O4.Y/c1-4-5-10(2)8-13-16(20)22-18-9-11(3)15-14(19)12(18)6-7-17(13,18)21-15;/h4,7,10-15,19H,5-6,8-9H2,1-3H3;/q-2;/t10?,11?,12?,13?,14?,15?,17-,18?;/m0./s1. The number of hydrogen-bond acceptors (Lipinski definition) is 4. The molecule has 0 amide bonds. The summed E-state index contributed by atoms with van der Waals surface area (Å²) in [7, 11) is 0. The first-order chi connectivity index (χ1) is 10.4. The van der Waals surface area contributed by atoms with Crippen LogP contribution in [0.4, 0.5) is 0 Å². The summed E-state index contributed by atoms with van der Waals surface area (Å²) < 4.78 is 12.4. The topological polar surface area (TPSA) is 55.8 Å². The molecule has 3 saturated heterocycles. The molecule has 4 nitrogen and oxygen atoms in total. The third-order valence-electron chi connectivity index (χ3n) is 6.56. The van der Waals surface area contributed by atoms with Crippen molar-refractivity contribution in [2.75, 3.05) is 0 Å². The van der Waals surface area contributed by atoms with Gasteiger partial charge < -0.3 is 21.0 Å². The minimum Gasteiger partial charge on any atom is -0.458 e. The van der Waals surface area contributed by atoms with Gasteiger partial charge in [-0.25, -0.2) is 0 Å². The molecule has 0 aromatic carbocycles. The average molecular weight is 395 g/mol. The van der Waals surface area contributed by atoms with E-state index in [4.69, 9.17) is 9.47 Å². The Morgan fingerprint density at radius 2 is 2.26 bits per heavy atom. The molecule has 5 heteroatoms. The fourth-order valence-electron chi connectivity index (χ4n) is 5.71. The van der Waals surface area contributed by atoms with E-state index < -0.39 is 17.3 Å². The van der Waals surface area contributed by atoms with E-state index in [2.05, 4.69) is 33.6 Å². The van der Waals surface area contributed by atoms with Crippen LogP contribution in [0.25, 0.3) is 0 Å². The van der Waals surface area contributed by atoms with E-state index in [-0.39, 0.29) is 62.5 Å². The van der Waals surface area contributed by atoms with Crippen molar-refractivity contribution < 1.29 is 52.1 Å². The van der Waals surface area contributed by atoms with Gasteiger partial charge in [-0.3, -0.25) is 11.2 Å². The van der Waals surface area contributed by atoms with Gasteiger partial charge >= 0.3 is 5.97 Å². The Bertz CT molecular complexity index is 497. The molecular weight excluding hydrogens is 369 g/mol. The van der Waals surface area contributed by atoms with Crippen LogP contribution in [-0.2, 0) is 47.0 Å². The molecule has 5 fully saturated rings. The Balaban J connectivity index is 0.00000156. The average Bonchev–Trinajstić information content (AvgIpc) is 2.81. The van der Waals surface area contributed by atoms with Gasteiger partial charge in [-0.2, -0.15) is 19.8 Å². The van der Waals surface area contributed by atoms with Gasteiger partial charge in [0.05, 0.1) is 18.1 Å². The van der Waals surface area contributed by atoms with Crippen LogP contribution in [0, 0.1) is 36.5 Å². The summed E-state index contributed by atoms with van der Waals surface area (Å²) in [5, 5.41) is 10.6. The zero-order valence-electron chi connectivity index (χ0n) is 14.2. The second kappa shape index (κ2) is 6.04. The number of esters is 1. The van der Waals surface area contributed by atoms with Gasteiger partial charge in [-0.1, -0.05) is 19.8 Å². The molecule has 1 spiro atoms. The van der Waals surface area contributed by atoms with Gasteiger partial charge in [-0.05, 0) is 18.8 Å². The molecule has 2 aliphatic carbocycles. The van der Waals surface area contributed by atoms with E-state index in [9.17, 15) is 9.90 Å². The molecule has 3 aliphatic heterocycles. The molecule has 0 aromatic rings. The van der Waals surface area contributed by atoms with Gasteiger partial charge in [0.2, 0.25) is 0 Å². The molecule has 0 aromatic heterocycles. The van der Waals surface area contributed by atoms with Gasteiger partial charge in [0.15, 0.2) is 0 Å². The molecule has 8 atom stereocenters. The Labute approximate surface area is 163 Å². The first-order valence-corrected chi connectivity index (χ1v) is 8.66. The molecule has 2 saturated carbocycles. The summed E-state index contributed by atoms with van der Waals surface area (Å²) in [6, 6.07) is 0. The van der Waals surface area contributed by atoms with Crippen LogP contribution in [0.1, 0.15) is 46.5 Å². The minimum absolute atomic E-state index is 0. The van der Waals surface area contributed by atoms with Crippen LogP contribution in [-0.4, -0.2) is 34.5 Å². The van der Waals surface area contributed by atoms with Crippen LogP contribution in [0.15, 0.2) is 0 Å². The van der Waals surface area contributed by atoms with Crippen molar-refractivity contribution in [2.45, 2.75) is 69.9 Å². The van der Waals surface area contributed by atoms with E-state index in [1.165, 1.54) is 0 Å². The summed E-state index contributed by atoms with van der Waals surface area (Å²) in [4.78, 5) is 12.6. The largest absolute Gasteiger partial charge is 0.458 e. The maximum Gasteiger partial charge on any atom is 0.309 e. The third kappa shape index (κ3) is 2.20. The Morgan fingerprint density at radius 3 is 2.96 bits per heavy atom. The molecule has 7 unspecified atom stereocenters. The summed E-state index contributed by atoms with van der Waals surface area (Å²) in [5.41, 5.74) is -1.20. The van der Waals surface area contributed by atoms with E-state index in [1.807, 2.05) is 0 Å².